The van der Waals surface area contributed by atoms with E-state index in [0.29, 0.717) is 29.6 Å². The van der Waals surface area contributed by atoms with Gasteiger partial charge in [-0.15, -0.1) is 0 Å². The smallest absolute Gasteiger partial charge is 0.258 e. The maximum absolute atomic E-state index is 12.8. The van der Waals surface area contributed by atoms with E-state index >= 15 is 0 Å². The second kappa shape index (κ2) is 11.2. The van der Waals surface area contributed by atoms with Gasteiger partial charge in [-0.25, -0.2) is 0 Å². The summed E-state index contributed by atoms with van der Waals surface area (Å²) >= 11 is 0. The molecule has 0 spiro atoms. The third-order valence-corrected chi connectivity index (χ3v) is 4.69. The van der Waals surface area contributed by atoms with Crippen LogP contribution in [0, 0.1) is 0 Å². The van der Waals surface area contributed by atoms with Crippen molar-refractivity contribution in [2.24, 2.45) is 4.99 Å². The molecule has 0 aromatic heterocycles. The Bertz CT molecular complexity index is 866. The van der Waals surface area contributed by atoms with Gasteiger partial charge in [-0.3, -0.25) is 20.0 Å². The Labute approximate surface area is 176 Å². The second-order valence-corrected chi connectivity index (χ2v) is 6.73. The molecule has 2 aromatic carbocycles. The Kier molecular flexibility index (Phi) is 8.05. The van der Waals surface area contributed by atoms with Crippen LogP contribution in [0.1, 0.15) is 10.4 Å². The Morgan fingerprint density at radius 2 is 1.77 bits per heavy atom. The molecule has 8 heteroatoms. The van der Waals surface area contributed by atoms with Crippen LogP contribution in [0.15, 0.2) is 53.5 Å². The molecule has 1 fully saturated rings. The number of guanidine groups is 1. The number of hydrogen-bond acceptors (Lipinski definition) is 6. The number of nitrogens with zero attached hydrogens (tertiary/aromatic N) is 2. The highest BCUT2D eigenvalue weighted by Gasteiger charge is 2.12. The van der Waals surface area contributed by atoms with Crippen molar-refractivity contribution in [3.05, 3.63) is 54.1 Å². The fourth-order valence-corrected chi connectivity index (χ4v) is 3.02. The van der Waals surface area contributed by atoms with Crippen molar-refractivity contribution in [2.45, 2.75) is 0 Å². The van der Waals surface area contributed by atoms with Crippen molar-refractivity contribution in [1.29, 1.82) is 0 Å². The average Bonchev–Trinajstić information content (AvgIpc) is 2.80. The Morgan fingerprint density at radius 3 is 2.50 bits per heavy atom. The molecule has 1 heterocycles. The van der Waals surface area contributed by atoms with Gasteiger partial charge in [-0.05, 0) is 30.3 Å². The zero-order chi connectivity index (χ0) is 21.2. The monoisotopic (exact) mass is 412 g/mol. The van der Waals surface area contributed by atoms with Crippen molar-refractivity contribution in [3.63, 3.8) is 0 Å². The standard InChI is InChI=1S/C22H28N4O4/c1-28-19-7-3-5-17(15-19)21(27)25-22(23-9-10-26-11-13-30-14-12-26)24-18-6-4-8-20(16-18)29-2/h3-8,15-16H,9-14H2,1-2H3,(H2,23,24,25,27). The highest BCUT2D eigenvalue weighted by molar-refractivity contribution is 6.10. The van der Waals surface area contributed by atoms with E-state index in [2.05, 4.69) is 20.5 Å². The molecule has 0 saturated carbocycles. The van der Waals surface area contributed by atoms with Crippen molar-refractivity contribution < 1.29 is 19.0 Å². The summed E-state index contributed by atoms with van der Waals surface area (Å²) in [6.07, 6.45) is 0. The van der Waals surface area contributed by atoms with E-state index in [9.17, 15) is 4.79 Å². The molecule has 0 bridgehead atoms. The zero-order valence-electron chi connectivity index (χ0n) is 17.4. The minimum Gasteiger partial charge on any atom is -0.497 e. The van der Waals surface area contributed by atoms with Gasteiger partial charge in [0.05, 0.1) is 34.0 Å². The Morgan fingerprint density at radius 1 is 1.07 bits per heavy atom. The number of benzene rings is 2. The highest BCUT2D eigenvalue weighted by atomic mass is 16.5. The number of anilines is 1. The molecular formula is C22H28N4O4. The van der Waals surface area contributed by atoms with Gasteiger partial charge in [0.25, 0.3) is 5.91 Å². The first-order chi connectivity index (χ1) is 14.7. The zero-order valence-corrected chi connectivity index (χ0v) is 17.4. The molecule has 2 aromatic rings. The van der Waals surface area contributed by atoms with E-state index in [1.165, 1.54) is 0 Å². The van der Waals surface area contributed by atoms with Crippen LogP contribution >= 0.6 is 0 Å². The van der Waals surface area contributed by atoms with Gasteiger partial charge in [-0.1, -0.05) is 12.1 Å². The molecule has 160 valence electrons. The van der Waals surface area contributed by atoms with E-state index in [4.69, 9.17) is 14.2 Å². The minimum absolute atomic E-state index is 0.269. The number of carbonyl (C=O) groups is 1. The third kappa shape index (κ3) is 6.47. The number of ether oxygens (including phenoxy) is 3. The van der Waals surface area contributed by atoms with Crippen molar-refractivity contribution in [3.8, 4) is 11.5 Å². The molecule has 0 atom stereocenters. The molecule has 0 unspecified atom stereocenters. The van der Waals surface area contributed by atoms with Crippen LogP contribution < -0.4 is 20.1 Å². The quantitative estimate of drug-likeness (QED) is 0.536. The molecule has 3 rings (SSSR count). The van der Waals surface area contributed by atoms with E-state index in [1.54, 1.807) is 38.5 Å². The predicted molar refractivity (Wildman–Crippen MR) is 117 cm³/mol. The summed E-state index contributed by atoms with van der Waals surface area (Å²) in [5, 5.41) is 6.05. The van der Waals surface area contributed by atoms with Gasteiger partial charge in [0.15, 0.2) is 0 Å². The molecule has 30 heavy (non-hydrogen) atoms. The second-order valence-electron chi connectivity index (χ2n) is 6.73. The van der Waals surface area contributed by atoms with Gasteiger partial charge in [0.2, 0.25) is 5.96 Å². The highest BCUT2D eigenvalue weighted by Crippen LogP contribution is 2.17. The van der Waals surface area contributed by atoms with Gasteiger partial charge < -0.3 is 19.5 Å². The largest absolute Gasteiger partial charge is 0.497 e. The molecule has 2 N–H and O–H groups in total. The number of hydrogen-bond donors (Lipinski definition) is 2. The third-order valence-electron chi connectivity index (χ3n) is 4.69. The first-order valence-electron chi connectivity index (χ1n) is 9.89. The number of morpholine rings is 1. The number of rotatable bonds is 7. The number of amides is 1. The van der Waals surface area contributed by atoms with Crippen LogP contribution in [0.2, 0.25) is 0 Å². The molecule has 0 aliphatic carbocycles. The summed E-state index contributed by atoms with van der Waals surface area (Å²) in [5.74, 6) is 1.44. The minimum atomic E-state index is -0.269. The fourth-order valence-electron chi connectivity index (χ4n) is 3.02. The van der Waals surface area contributed by atoms with Gasteiger partial charge in [0.1, 0.15) is 11.5 Å². The summed E-state index contributed by atoms with van der Waals surface area (Å²) in [7, 11) is 3.18. The topological polar surface area (TPSA) is 84.4 Å². The number of nitrogens with one attached hydrogen (secondary N) is 2. The van der Waals surface area contributed by atoms with Crippen LogP contribution in [0.4, 0.5) is 5.69 Å². The predicted octanol–water partition coefficient (Wildman–Crippen LogP) is 2.23. The van der Waals surface area contributed by atoms with Gasteiger partial charge in [-0.2, -0.15) is 0 Å². The maximum atomic E-state index is 12.8. The summed E-state index contributed by atoms with van der Waals surface area (Å²) < 4.78 is 15.9. The van der Waals surface area contributed by atoms with Crippen molar-refractivity contribution >= 4 is 17.6 Å². The van der Waals surface area contributed by atoms with Crippen molar-refractivity contribution in [2.75, 3.05) is 58.9 Å². The molecular weight excluding hydrogens is 384 g/mol. The summed E-state index contributed by atoms with van der Waals surface area (Å²) in [5.41, 5.74) is 1.26. The summed E-state index contributed by atoms with van der Waals surface area (Å²) in [6.45, 7) is 4.61. The van der Waals surface area contributed by atoms with Gasteiger partial charge in [0, 0.05) is 37.0 Å². The van der Waals surface area contributed by atoms with Crippen molar-refractivity contribution in [1.82, 2.24) is 10.2 Å². The van der Waals surface area contributed by atoms with Crippen LogP contribution in [0.25, 0.3) is 0 Å². The SMILES string of the molecule is COc1cccc(NC(=NCCN2CCOCC2)NC(=O)c2cccc(OC)c2)c1. The molecule has 0 radical (unpaired) electrons. The first kappa shape index (κ1) is 21.6. The summed E-state index contributed by atoms with van der Waals surface area (Å²) in [4.78, 5) is 19.6. The van der Waals surface area contributed by atoms with Crippen LogP contribution in [0.3, 0.4) is 0 Å². The Balaban J connectivity index is 1.71. The molecule has 1 saturated heterocycles. The number of methoxy groups -OCH3 is 2. The lowest BCUT2D eigenvalue weighted by atomic mass is 10.2. The lowest BCUT2D eigenvalue weighted by Gasteiger charge is -2.25. The lowest BCUT2D eigenvalue weighted by Crippen LogP contribution is -2.39. The molecule has 1 aliphatic rings. The van der Waals surface area contributed by atoms with E-state index in [1.807, 2.05) is 24.3 Å². The number of carbonyl (C=O) groups excluding carboxylic acids is 1. The van der Waals surface area contributed by atoms with E-state index < -0.39 is 0 Å². The van der Waals surface area contributed by atoms with Crippen LogP contribution in [-0.2, 0) is 4.74 Å². The Hall–Kier alpha value is -3.10. The van der Waals surface area contributed by atoms with Gasteiger partial charge >= 0.3 is 0 Å². The molecule has 1 aliphatic heterocycles. The lowest BCUT2D eigenvalue weighted by molar-refractivity contribution is 0.0394. The fraction of sp³-hybridized carbons (Fsp3) is 0.364. The number of aliphatic imine (C=N–C) groups is 1. The van der Waals surface area contributed by atoms with Crippen LogP contribution in [0.5, 0.6) is 11.5 Å². The summed E-state index contributed by atoms with van der Waals surface area (Å²) in [6, 6.07) is 14.4. The molecule has 1 amide bonds. The van der Waals surface area contributed by atoms with Crippen LogP contribution in [-0.4, -0.2) is 70.4 Å². The normalized spacial score (nSPS) is 14.8. The first-order valence-corrected chi connectivity index (χ1v) is 9.89. The van der Waals surface area contributed by atoms with E-state index in [-0.39, 0.29) is 5.91 Å². The van der Waals surface area contributed by atoms with E-state index in [0.717, 1.165) is 38.5 Å². The maximum Gasteiger partial charge on any atom is 0.258 e. The average molecular weight is 412 g/mol. The molecule has 8 nitrogen and oxygen atoms in total.